The van der Waals surface area contributed by atoms with Crippen LogP contribution in [0.1, 0.15) is 26.2 Å². The molecule has 0 aromatic heterocycles. The Bertz CT molecular complexity index is 140. The van der Waals surface area contributed by atoms with Crippen LogP contribution in [-0.4, -0.2) is 26.0 Å². The first-order chi connectivity index (χ1) is 5.22. The monoisotopic (exact) mass is 178 g/mol. The minimum Gasteiger partial charge on any atom is -0.755 e. The van der Waals surface area contributed by atoms with Crippen molar-refractivity contribution in [3.8, 4) is 0 Å². The number of amides is 1. The van der Waals surface area contributed by atoms with Gasteiger partial charge in [0.15, 0.2) is 0 Å². The van der Waals surface area contributed by atoms with E-state index in [1.165, 1.54) is 0 Å². The van der Waals surface area contributed by atoms with Crippen LogP contribution in [0, 0.1) is 0 Å². The number of unbranched alkanes of at least 4 members (excludes halogenated alkanes) is 2. The van der Waals surface area contributed by atoms with Crippen LogP contribution in [0.2, 0.25) is 0 Å². The highest BCUT2D eigenvalue weighted by molar-refractivity contribution is 7.77. The molecule has 0 heterocycles. The van der Waals surface area contributed by atoms with E-state index in [-0.39, 0.29) is 0 Å². The van der Waals surface area contributed by atoms with Gasteiger partial charge < -0.3 is 4.55 Å². The van der Waals surface area contributed by atoms with Crippen LogP contribution in [0.5, 0.6) is 0 Å². The van der Waals surface area contributed by atoms with Gasteiger partial charge in [0.1, 0.15) is 0 Å². The molecule has 11 heavy (non-hydrogen) atoms. The zero-order valence-corrected chi connectivity index (χ0v) is 7.30. The van der Waals surface area contributed by atoms with E-state index in [2.05, 4.69) is 0 Å². The molecule has 4 nitrogen and oxygen atoms in total. The lowest BCUT2D eigenvalue weighted by atomic mass is 10.2. The van der Waals surface area contributed by atoms with Gasteiger partial charge in [-0.25, -0.2) is 0 Å². The summed E-state index contributed by atoms with van der Waals surface area (Å²) < 4.78 is 21.2. The van der Waals surface area contributed by atoms with Gasteiger partial charge in [-0.05, 0) is 6.42 Å². The molecule has 66 valence electrons. The molecule has 0 aliphatic rings. The molecular weight excluding hydrogens is 166 g/mol. The van der Waals surface area contributed by atoms with Crippen molar-refractivity contribution in [1.82, 2.24) is 4.31 Å². The molecule has 0 N–H and O–H groups in total. The summed E-state index contributed by atoms with van der Waals surface area (Å²) in [4.78, 5) is 10.1. The Kier molecular flexibility index (Phi) is 6.06. The van der Waals surface area contributed by atoms with Gasteiger partial charge in [0.25, 0.3) is 0 Å². The molecule has 0 aliphatic heterocycles. The molecule has 0 radical (unpaired) electrons. The fourth-order valence-electron chi connectivity index (χ4n) is 0.680. The van der Waals surface area contributed by atoms with E-state index < -0.39 is 11.3 Å². The summed E-state index contributed by atoms with van der Waals surface area (Å²) >= 11 is -2.39. The lowest BCUT2D eigenvalue weighted by molar-refractivity contribution is -0.114. The molecule has 0 fully saturated rings. The van der Waals surface area contributed by atoms with Crippen LogP contribution in [0.15, 0.2) is 0 Å². The first kappa shape index (κ1) is 10.6. The summed E-state index contributed by atoms with van der Waals surface area (Å²) in [5.74, 6) is 0. The molecule has 0 bridgehead atoms. The van der Waals surface area contributed by atoms with E-state index in [0.29, 0.717) is 13.0 Å². The average Bonchev–Trinajstić information content (AvgIpc) is 1.97. The Morgan fingerprint density at radius 3 is 2.55 bits per heavy atom. The molecular formula is C6H12NO3S-. The molecule has 0 saturated heterocycles. The zero-order valence-electron chi connectivity index (χ0n) is 6.49. The largest absolute Gasteiger partial charge is 0.755 e. The maximum absolute atomic E-state index is 10.2. The summed E-state index contributed by atoms with van der Waals surface area (Å²) in [6.07, 6.45) is 3.03. The van der Waals surface area contributed by atoms with Crippen molar-refractivity contribution < 1.29 is 13.6 Å². The van der Waals surface area contributed by atoms with Crippen molar-refractivity contribution in [2.45, 2.75) is 26.2 Å². The number of nitrogens with zero attached hydrogens (tertiary/aromatic N) is 1. The van der Waals surface area contributed by atoms with Gasteiger partial charge in [-0.1, -0.05) is 19.8 Å². The van der Waals surface area contributed by atoms with Gasteiger partial charge in [0.05, 0.1) is 0 Å². The topological polar surface area (TPSA) is 60.4 Å². The van der Waals surface area contributed by atoms with Crippen molar-refractivity contribution >= 4 is 17.7 Å². The molecule has 0 aromatic rings. The van der Waals surface area contributed by atoms with Crippen LogP contribution >= 0.6 is 0 Å². The Labute approximate surface area is 69.0 Å². The molecule has 0 aliphatic carbocycles. The highest BCUT2D eigenvalue weighted by atomic mass is 32.2. The van der Waals surface area contributed by atoms with Gasteiger partial charge in [0, 0.05) is 17.8 Å². The first-order valence-corrected chi connectivity index (χ1v) is 4.56. The zero-order chi connectivity index (χ0) is 8.69. The lowest BCUT2D eigenvalue weighted by Crippen LogP contribution is -2.25. The molecule has 1 atom stereocenters. The Balaban J connectivity index is 3.52. The van der Waals surface area contributed by atoms with Crippen molar-refractivity contribution in [2.24, 2.45) is 0 Å². The molecule has 5 heteroatoms. The third kappa shape index (κ3) is 4.92. The van der Waals surface area contributed by atoms with Crippen LogP contribution < -0.4 is 0 Å². The number of carbonyl (C=O) groups excluding carboxylic acids is 1. The molecule has 0 rings (SSSR count). The van der Waals surface area contributed by atoms with Gasteiger partial charge in [0.2, 0.25) is 6.41 Å². The fraction of sp³-hybridized carbons (Fsp3) is 0.833. The number of rotatable bonds is 6. The number of hydrogen-bond acceptors (Lipinski definition) is 3. The molecule has 0 spiro atoms. The quantitative estimate of drug-likeness (QED) is 0.336. The van der Waals surface area contributed by atoms with E-state index in [9.17, 15) is 13.6 Å². The lowest BCUT2D eigenvalue weighted by Gasteiger charge is -2.18. The summed E-state index contributed by atoms with van der Waals surface area (Å²) in [6, 6.07) is 0. The minimum absolute atomic E-state index is 0.299. The highest BCUT2D eigenvalue weighted by Gasteiger charge is 1.98. The van der Waals surface area contributed by atoms with Gasteiger partial charge >= 0.3 is 0 Å². The van der Waals surface area contributed by atoms with E-state index in [0.717, 1.165) is 23.6 Å². The summed E-state index contributed by atoms with van der Waals surface area (Å²) in [5.41, 5.74) is 0. The van der Waals surface area contributed by atoms with Gasteiger partial charge in [-0.3, -0.25) is 13.3 Å². The summed E-state index contributed by atoms with van der Waals surface area (Å²) in [6.45, 7) is 2.31. The average molecular weight is 178 g/mol. The smallest absolute Gasteiger partial charge is 0.220 e. The van der Waals surface area contributed by atoms with Crippen molar-refractivity contribution in [1.29, 1.82) is 0 Å². The summed E-state index contributed by atoms with van der Waals surface area (Å²) in [7, 11) is 0. The van der Waals surface area contributed by atoms with Gasteiger partial charge in [-0.15, -0.1) is 0 Å². The molecule has 0 aromatic carbocycles. The van der Waals surface area contributed by atoms with Crippen LogP contribution in [0.25, 0.3) is 0 Å². The van der Waals surface area contributed by atoms with Crippen molar-refractivity contribution in [2.75, 3.05) is 6.54 Å². The fourth-order valence-corrected chi connectivity index (χ4v) is 1.03. The Morgan fingerprint density at radius 2 is 2.18 bits per heavy atom. The summed E-state index contributed by atoms with van der Waals surface area (Å²) in [5, 5.41) is 0. The number of carbonyl (C=O) groups is 1. The Hall–Kier alpha value is -0.420. The van der Waals surface area contributed by atoms with Crippen molar-refractivity contribution in [3.05, 3.63) is 0 Å². The minimum atomic E-state index is -2.39. The van der Waals surface area contributed by atoms with Crippen molar-refractivity contribution in [3.63, 3.8) is 0 Å². The third-order valence-corrected chi connectivity index (χ3v) is 1.94. The van der Waals surface area contributed by atoms with E-state index >= 15 is 0 Å². The standard InChI is InChI=1S/C6H13NO3S/c1-2-3-4-5-7(6-8)11(9)10/h6H,2-5H2,1H3,(H,9,10)/p-1. The predicted octanol–water partition coefficient (Wildman–Crippen LogP) is 0.429. The van der Waals surface area contributed by atoms with Crippen LogP contribution in [0.3, 0.4) is 0 Å². The van der Waals surface area contributed by atoms with Gasteiger partial charge in [-0.2, -0.15) is 0 Å². The second-order valence-corrected chi connectivity index (χ2v) is 3.07. The maximum atomic E-state index is 10.2. The highest BCUT2D eigenvalue weighted by Crippen LogP contribution is 1.97. The van der Waals surface area contributed by atoms with E-state index in [1.54, 1.807) is 0 Å². The van der Waals surface area contributed by atoms with Crippen LogP contribution in [-0.2, 0) is 16.1 Å². The second-order valence-electron chi connectivity index (χ2n) is 2.17. The van der Waals surface area contributed by atoms with Crippen LogP contribution in [0.4, 0.5) is 0 Å². The Morgan fingerprint density at radius 1 is 1.55 bits per heavy atom. The first-order valence-electron chi connectivity index (χ1n) is 3.53. The third-order valence-electron chi connectivity index (χ3n) is 1.29. The molecule has 1 amide bonds. The maximum Gasteiger partial charge on any atom is 0.220 e. The molecule has 0 saturated carbocycles. The molecule has 1 unspecified atom stereocenters. The SMILES string of the molecule is CCCCCN(C=O)S(=O)[O-]. The second kappa shape index (κ2) is 6.30. The van der Waals surface area contributed by atoms with E-state index in [4.69, 9.17) is 0 Å². The van der Waals surface area contributed by atoms with E-state index in [1.807, 2.05) is 6.92 Å². The predicted molar refractivity (Wildman–Crippen MR) is 41.2 cm³/mol. The normalized spacial score (nSPS) is 12.5. The number of hydrogen-bond donors (Lipinski definition) is 0.